The second kappa shape index (κ2) is 20.9. The number of aryl methyl sites for hydroxylation is 1. The van der Waals surface area contributed by atoms with Gasteiger partial charge in [-0.3, -0.25) is 43.7 Å². The Morgan fingerprint density at radius 3 is 2.29 bits per heavy atom. The van der Waals surface area contributed by atoms with Crippen molar-refractivity contribution in [3.63, 3.8) is 0 Å². The largest absolute Gasteiger partial charge is 0.493 e. The molecule has 0 aliphatic carbocycles. The van der Waals surface area contributed by atoms with Gasteiger partial charge in [0.05, 0.1) is 57.6 Å². The molecule has 0 radical (unpaired) electrons. The number of imide groups is 2. The molecule has 1 fully saturated rings. The second-order valence-corrected chi connectivity index (χ2v) is 14.3. The summed E-state index contributed by atoms with van der Waals surface area (Å²) in [6.45, 7) is 1.24. The predicted molar refractivity (Wildman–Crippen MR) is 223 cm³/mol. The van der Waals surface area contributed by atoms with E-state index in [0.29, 0.717) is 74.2 Å². The Labute approximate surface area is 357 Å². The number of aromatic nitrogens is 3. The summed E-state index contributed by atoms with van der Waals surface area (Å²) < 4.78 is 34.7. The third kappa shape index (κ3) is 10.8. The van der Waals surface area contributed by atoms with Gasteiger partial charge in [-0.1, -0.05) is 29.5 Å². The Morgan fingerprint density at radius 1 is 0.823 bits per heavy atom. The fourth-order valence-electron chi connectivity index (χ4n) is 6.99. The van der Waals surface area contributed by atoms with Crippen LogP contribution in [0.15, 0.2) is 54.7 Å². The van der Waals surface area contributed by atoms with Crippen molar-refractivity contribution in [2.24, 2.45) is 0 Å². The molecule has 3 heterocycles. The van der Waals surface area contributed by atoms with Crippen LogP contribution in [0.25, 0.3) is 12.2 Å². The number of carbonyl (C=O) groups excluding carboxylic acids is 6. The number of fused-ring (bicyclic) bond motifs is 1. The van der Waals surface area contributed by atoms with Crippen LogP contribution in [-0.4, -0.2) is 103 Å². The van der Waals surface area contributed by atoms with E-state index in [-0.39, 0.29) is 48.4 Å². The van der Waals surface area contributed by atoms with Crippen molar-refractivity contribution < 1.29 is 57.2 Å². The Kier molecular flexibility index (Phi) is 15.0. The third-order valence-corrected chi connectivity index (χ3v) is 10.1. The van der Waals surface area contributed by atoms with E-state index in [1.54, 1.807) is 44.2 Å². The standard InChI is InChI=1S/C44H48N6O12/c1-57-33-17-15-27(13-14-28-24-35(58-2)41(60-4)36(25-28)59-3)23-34(33)62-39(53)12-8-21-61-22-19-29-26-49(48-47-29)20-6-5-11-37(51)45-31-10-7-9-30-40(31)44(56)50(43(30)55)32-16-18-38(52)46-42(32)54/h7,9-10,13-15,17,23-26,32H,5-6,8,11-12,16,18-22H2,1-4H3,(H,45,51)(H,46,52,54)/b14-13-. The molecule has 6 rings (SSSR count). The van der Waals surface area contributed by atoms with Crippen LogP contribution in [0.4, 0.5) is 5.69 Å². The molecule has 18 heteroatoms. The zero-order chi connectivity index (χ0) is 44.2. The maximum absolute atomic E-state index is 13.3. The molecular weight excluding hydrogens is 805 g/mol. The maximum Gasteiger partial charge on any atom is 0.311 e. The minimum absolute atomic E-state index is 0.0103. The van der Waals surface area contributed by atoms with Gasteiger partial charge in [-0.25, -0.2) is 0 Å². The van der Waals surface area contributed by atoms with Crippen molar-refractivity contribution >= 4 is 53.3 Å². The van der Waals surface area contributed by atoms with Crippen LogP contribution in [0.1, 0.15) is 82.5 Å². The van der Waals surface area contributed by atoms with Crippen molar-refractivity contribution in [3.05, 3.63) is 82.7 Å². The summed E-state index contributed by atoms with van der Waals surface area (Å²) in [6.07, 6.45) is 7.99. The maximum atomic E-state index is 13.3. The molecule has 0 bridgehead atoms. The lowest BCUT2D eigenvalue weighted by Crippen LogP contribution is -2.54. The van der Waals surface area contributed by atoms with Gasteiger partial charge in [-0.15, -0.1) is 5.10 Å². The SMILES string of the molecule is COc1ccc(/C=C\c2cc(OC)c(OC)c(OC)c2)cc1OC(=O)CCCOCCc1cn(CCCCC(=O)Nc2cccc3c2C(=O)N(C2CCC(=O)NC2=O)C3=O)nn1. The van der Waals surface area contributed by atoms with Crippen LogP contribution in [0.5, 0.6) is 28.7 Å². The van der Waals surface area contributed by atoms with Crippen molar-refractivity contribution in [2.75, 3.05) is 47.0 Å². The highest BCUT2D eigenvalue weighted by Gasteiger charge is 2.45. The second-order valence-electron chi connectivity index (χ2n) is 14.3. The topological polar surface area (TPSA) is 216 Å². The number of unbranched alkanes of at least 4 members (excludes halogenated alkanes) is 1. The summed E-state index contributed by atoms with van der Waals surface area (Å²) in [6, 6.07) is 12.4. The molecule has 4 aromatic rings. The first-order valence-corrected chi connectivity index (χ1v) is 20.0. The number of anilines is 1. The Morgan fingerprint density at radius 2 is 1.56 bits per heavy atom. The Bertz CT molecular complexity index is 2330. The Balaban J connectivity index is 0.876. The minimum atomic E-state index is -1.10. The number of hydrogen-bond donors (Lipinski definition) is 2. The molecule has 62 heavy (non-hydrogen) atoms. The van der Waals surface area contributed by atoms with Gasteiger partial charge in [-0.05, 0) is 73.2 Å². The fourth-order valence-corrected chi connectivity index (χ4v) is 6.99. The van der Waals surface area contributed by atoms with Gasteiger partial charge in [0.15, 0.2) is 23.0 Å². The first-order chi connectivity index (χ1) is 30.0. The number of esters is 1. The summed E-state index contributed by atoms with van der Waals surface area (Å²) in [7, 11) is 6.15. The van der Waals surface area contributed by atoms with E-state index in [9.17, 15) is 28.8 Å². The van der Waals surface area contributed by atoms with Crippen LogP contribution in [-0.2, 0) is 36.9 Å². The number of piperidine rings is 1. The Hall–Kier alpha value is -7.08. The molecule has 0 saturated carbocycles. The molecular formula is C44H48N6O12. The monoisotopic (exact) mass is 852 g/mol. The highest BCUT2D eigenvalue weighted by Crippen LogP contribution is 2.39. The summed E-state index contributed by atoms with van der Waals surface area (Å²) in [4.78, 5) is 76.8. The van der Waals surface area contributed by atoms with Gasteiger partial charge in [0, 0.05) is 45.0 Å². The predicted octanol–water partition coefficient (Wildman–Crippen LogP) is 4.64. The zero-order valence-electron chi connectivity index (χ0n) is 34.9. The average Bonchev–Trinajstić information content (AvgIpc) is 3.83. The van der Waals surface area contributed by atoms with Gasteiger partial charge < -0.3 is 33.7 Å². The molecule has 2 aliphatic heterocycles. The molecule has 2 aliphatic rings. The van der Waals surface area contributed by atoms with Crippen molar-refractivity contribution in [3.8, 4) is 28.7 Å². The van der Waals surface area contributed by atoms with Gasteiger partial charge in [0.25, 0.3) is 11.8 Å². The number of nitrogens with one attached hydrogen (secondary N) is 2. The van der Waals surface area contributed by atoms with Crippen molar-refractivity contribution in [1.29, 1.82) is 0 Å². The summed E-state index contributed by atoms with van der Waals surface area (Å²) in [5.74, 6) is -0.996. The number of carbonyl (C=O) groups is 6. The van der Waals surface area contributed by atoms with Crippen LogP contribution in [0.3, 0.4) is 0 Å². The number of methoxy groups -OCH3 is 4. The van der Waals surface area contributed by atoms with Crippen molar-refractivity contribution in [2.45, 2.75) is 64.0 Å². The van der Waals surface area contributed by atoms with Crippen LogP contribution < -0.4 is 34.3 Å². The van der Waals surface area contributed by atoms with E-state index in [4.69, 9.17) is 28.4 Å². The molecule has 1 saturated heterocycles. The fraction of sp³-hybridized carbons (Fsp3) is 0.364. The van der Waals surface area contributed by atoms with E-state index in [1.807, 2.05) is 36.5 Å². The molecule has 1 aromatic heterocycles. The highest BCUT2D eigenvalue weighted by molar-refractivity contribution is 6.26. The van der Waals surface area contributed by atoms with E-state index in [1.165, 1.54) is 19.2 Å². The molecule has 326 valence electrons. The molecule has 1 unspecified atom stereocenters. The average molecular weight is 853 g/mol. The summed E-state index contributed by atoms with van der Waals surface area (Å²) in [5, 5.41) is 13.2. The zero-order valence-corrected chi connectivity index (χ0v) is 34.9. The van der Waals surface area contributed by atoms with E-state index in [0.717, 1.165) is 21.7 Å². The van der Waals surface area contributed by atoms with Crippen LogP contribution in [0, 0.1) is 0 Å². The molecule has 5 amide bonds. The first-order valence-electron chi connectivity index (χ1n) is 20.0. The lowest BCUT2D eigenvalue weighted by Gasteiger charge is -2.27. The highest BCUT2D eigenvalue weighted by atomic mass is 16.6. The number of rotatable bonds is 21. The number of benzene rings is 3. The van der Waals surface area contributed by atoms with Gasteiger partial charge in [0.2, 0.25) is 23.5 Å². The first kappa shape index (κ1) is 44.5. The molecule has 1 atom stereocenters. The summed E-state index contributed by atoms with van der Waals surface area (Å²) in [5.41, 5.74) is 2.62. The van der Waals surface area contributed by atoms with Crippen LogP contribution in [0.2, 0.25) is 0 Å². The molecule has 2 N–H and O–H groups in total. The number of hydrogen-bond acceptors (Lipinski definition) is 14. The van der Waals surface area contributed by atoms with Gasteiger partial charge >= 0.3 is 5.97 Å². The number of amides is 5. The normalized spacial score (nSPS) is 14.8. The third-order valence-electron chi connectivity index (χ3n) is 10.1. The summed E-state index contributed by atoms with van der Waals surface area (Å²) >= 11 is 0. The van der Waals surface area contributed by atoms with Gasteiger partial charge in [-0.2, -0.15) is 0 Å². The van der Waals surface area contributed by atoms with Crippen LogP contribution >= 0.6 is 0 Å². The minimum Gasteiger partial charge on any atom is -0.493 e. The van der Waals surface area contributed by atoms with E-state index in [2.05, 4.69) is 20.9 Å². The molecule has 0 spiro atoms. The van der Waals surface area contributed by atoms with E-state index < -0.39 is 35.6 Å². The number of nitrogens with zero attached hydrogens (tertiary/aromatic N) is 4. The molecule has 3 aromatic carbocycles. The number of ether oxygens (including phenoxy) is 6. The van der Waals surface area contributed by atoms with Crippen molar-refractivity contribution in [1.82, 2.24) is 25.2 Å². The lowest BCUT2D eigenvalue weighted by molar-refractivity contribution is -0.136. The smallest absolute Gasteiger partial charge is 0.311 e. The van der Waals surface area contributed by atoms with E-state index >= 15 is 0 Å². The van der Waals surface area contributed by atoms with Gasteiger partial charge in [0.1, 0.15) is 6.04 Å². The quantitative estimate of drug-likeness (QED) is 0.0384. The lowest BCUT2D eigenvalue weighted by atomic mass is 10.0. The molecule has 18 nitrogen and oxygen atoms in total.